The minimum absolute atomic E-state index is 0.00211. The zero-order valence-corrected chi connectivity index (χ0v) is 14.5. The number of hydrazone groups is 1. The second-order valence-electron chi connectivity index (χ2n) is 4.59. The lowest BCUT2D eigenvalue weighted by Gasteiger charge is -1.99. The van der Waals surface area contributed by atoms with Gasteiger partial charge in [-0.05, 0) is 36.8 Å². The average molecular weight is 363 g/mol. The summed E-state index contributed by atoms with van der Waals surface area (Å²) >= 11 is 1.09. The summed E-state index contributed by atoms with van der Waals surface area (Å²) in [6.07, 6.45) is 0.909. The van der Waals surface area contributed by atoms with Crippen LogP contribution in [0.1, 0.15) is 17.5 Å². The van der Waals surface area contributed by atoms with Gasteiger partial charge < -0.3 is 9.47 Å². The number of anilines is 1. The van der Waals surface area contributed by atoms with Crippen molar-refractivity contribution in [3.05, 3.63) is 34.8 Å². The molecule has 0 saturated heterocycles. The molecule has 9 nitrogen and oxygen atoms in total. The van der Waals surface area contributed by atoms with E-state index in [1.54, 1.807) is 26.2 Å². The molecule has 0 fully saturated rings. The average Bonchev–Trinajstić information content (AvgIpc) is 3.02. The quantitative estimate of drug-likeness (QED) is 0.573. The summed E-state index contributed by atoms with van der Waals surface area (Å²) in [5, 5.41) is 14.6. The molecule has 2 amide bonds. The maximum Gasteiger partial charge on any atom is 0.413 e. The standard InChI is InChI=1S/C15H17N5O4S/c1-3-24-15(22)17-14-20-19-13(25-14)8-12(21)18-16-9-10-4-6-11(23-2)7-5-10/h4-7,9H,3,8H2,1-2H3,(H,18,21)(H,17,20,22)/b16-9-. The topological polar surface area (TPSA) is 115 Å². The third-order valence-corrected chi connectivity index (χ3v) is 3.62. The Labute approximate surface area is 148 Å². The van der Waals surface area contributed by atoms with Gasteiger partial charge in [0.05, 0.1) is 26.4 Å². The second-order valence-corrected chi connectivity index (χ2v) is 5.65. The highest BCUT2D eigenvalue weighted by molar-refractivity contribution is 7.15. The first-order valence-corrected chi connectivity index (χ1v) is 8.14. The van der Waals surface area contributed by atoms with Crippen LogP contribution < -0.4 is 15.5 Å². The van der Waals surface area contributed by atoms with Crippen molar-refractivity contribution in [2.75, 3.05) is 19.0 Å². The smallest absolute Gasteiger partial charge is 0.413 e. The summed E-state index contributed by atoms with van der Waals surface area (Å²) in [5.74, 6) is 0.397. The molecule has 0 bridgehead atoms. The van der Waals surface area contributed by atoms with Crippen LogP contribution in [-0.4, -0.2) is 42.1 Å². The maximum atomic E-state index is 11.8. The van der Waals surface area contributed by atoms with Crippen LogP contribution in [0.15, 0.2) is 29.4 Å². The molecule has 0 aliphatic carbocycles. The van der Waals surface area contributed by atoms with E-state index < -0.39 is 6.09 Å². The van der Waals surface area contributed by atoms with Crippen LogP contribution in [0.3, 0.4) is 0 Å². The SMILES string of the molecule is CCOC(=O)Nc1nnc(CC(=O)N/N=C\c2ccc(OC)cc2)s1. The molecule has 1 heterocycles. The van der Waals surface area contributed by atoms with Crippen LogP contribution in [0, 0.1) is 0 Å². The Bertz CT molecular complexity index is 745. The highest BCUT2D eigenvalue weighted by Gasteiger charge is 2.11. The fraction of sp³-hybridized carbons (Fsp3) is 0.267. The van der Waals surface area contributed by atoms with Crippen LogP contribution in [0.2, 0.25) is 0 Å². The molecule has 2 N–H and O–H groups in total. The minimum Gasteiger partial charge on any atom is -0.497 e. The zero-order valence-electron chi connectivity index (χ0n) is 13.7. The van der Waals surface area contributed by atoms with E-state index in [0.717, 1.165) is 22.6 Å². The first kappa shape index (κ1) is 18.3. The minimum atomic E-state index is -0.612. The molecule has 1 aromatic heterocycles. The number of amides is 2. The first-order chi connectivity index (χ1) is 12.1. The Morgan fingerprint density at radius 3 is 2.72 bits per heavy atom. The van der Waals surface area contributed by atoms with Crippen molar-refractivity contribution in [3.8, 4) is 5.75 Å². The first-order valence-electron chi connectivity index (χ1n) is 7.32. The van der Waals surface area contributed by atoms with Crippen molar-refractivity contribution in [1.29, 1.82) is 0 Å². The van der Waals surface area contributed by atoms with Gasteiger partial charge in [-0.3, -0.25) is 10.1 Å². The van der Waals surface area contributed by atoms with Gasteiger partial charge in [-0.1, -0.05) is 11.3 Å². The molecule has 0 spiro atoms. The van der Waals surface area contributed by atoms with E-state index in [0.29, 0.717) is 5.01 Å². The van der Waals surface area contributed by atoms with Crippen molar-refractivity contribution < 1.29 is 19.1 Å². The lowest BCUT2D eigenvalue weighted by Crippen LogP contribution is -2.19. The monoisotopic (exact) mass is 363 g/mol. The zero-order chi connectivity index (χ0) is 18.1. The van der Waals surface area contributed by atoms with Gasteiger partial charge >= 0.3 is 6.09 Å². The Morgan fingerprint density at radius 2 is 2.04 bits per heavy atom. The van der Waals surface area contributed by atoms with Crippen molar-refractivity contribution >= 4 is 34.7 Å². The van der Waals surface area contributed by atoms with Crippen LogP contribution in [0.25, 0.3) is 0 Å². The number of nitrogens with zero attached hydrogens (tertiary/aromatic N) is 3. The van der Waals surface area contributed by atoms with Gasteiger partial charge in [-0.25, -0.2) is 10.2 Å². The van der Waals surface area contributed by atoms with Crippen molar-refractivity contribution in [1.82, 2.24) is 15.6 Å². The Morgan fingerprint density at radius 1 is 1.28 bits per heavy atom. The predicted octanol–water partition coefficient (Wildman–Crippen LogP) is 1.81. The van der Waals surface area contributed by atoms with Gasteiger partial charge in [0.1, 0.15) is 10.8 Å². The predicted molar refractivity (Wildman–Crippen MR) is 93.0 cm³/mol. The number of carbonyl (C=O) groups is 2. The van der Waals surface area contributed by atoms with Crippen LogP contribution >= 0.6 is 11.3 Å². The third kappa shape index (κ3) is 6.18. The molecule has 0 atom stereocenters. The van der Waals surface area contributed by atoms with Crippen molar-refractivity contribution in [2.45, 2.75) is 13.3 Å². The molecule has 132 valence electrons. The highest BCUT2D eigenvalue weighted by Crippen LogP contribution is 2.15. The number of rotatable bonds is 7. The number of hydrogen-bond acceptors (Lipinski definition) is 8. The molecule has 1 aromatic carbocycles. The summed E-state index contributed by atoms with van der Waals surface area (Å²) in [6.45, 7) is 1.95. The Hall–Kier alpha value is -3.01. The van der Waals surface area contributed by atoms with E-state index in [-0.39, 0.29) is 24.1 Å². The van der Waals surface area contributed by atoms with Crippen LogP contribution in [0.5, 0.6) is 5.75 Å². The lowest BCUT2D eigenvalue weighted by molar-refractivity contribution is -0.120. The molecule has 0 saturated carbocycles. The molecular formula is C15H17N5O4S. The summed E-state index contributed by atoms with van der Waals surface area (Å²) in [7, 11) is 1.59. The number of benzene rings is 1. The molecule has 0 radical (unpaired) electrons. The lowest BCUT2D eigenvalue weighted by atomic mass is 10.2. The molecule has 0 aliphatic rings. The largest absolute Gasteiger partial charge is 0.497 e. The molecule has 0 unspecified atom stereocenters. The second kappa shape index (κ2) is 9.33. The molecule has 2 aromatic rings. The van der Waals surface area contributed by atoms with Gasteiger partial charge in [0.25, 0.3) is 0 Å². The van der Waals surface area contributed by atoms with E-state index in [1.165, 1.54) is 6.21 Å². The summed E-state index contributed by atoms with van der Waals surface area (Å²) in [4.78, 5) is 23.1. The van der Waals surface area contributed by atoms with E-state index in [4.69, 9.17) is 9.47 Å². The highest BCUT2D eigenvalue weighted by atomic mass is 32.1. The normalized spacial score (nSPS) is 10.5. The number of aromatic nitrogens is 2. The van der Waals surface area contributed by atoms with Crippen LogP contribution in [0.4, 0.5) is 9.93 Å². The number of nitrogens with one attached hydrogen (secondary N) is 2. The molecule has 10 heteroatoms. The molecule has 0 aliphatic heterocycles. The van der Waals surface area contributed by atoms with Gasteiger partial charge in [0, 0.05) is 0 Å². The fourth-order valence-electron chi connectivity index (χ4n) is 1.68. The summed E-state index contributed by atoms with van der Waals surface area (Å²) in [6, 6.07) is 7.21. The van der Waals surface area contributed by atoms with E-state index >= 15 is 0 Å². The molecule has 25 heavy (non-hydrogen) atoms. The van der Waals surface area contributed by atoms with Crippen molar-refractivity contribution in [3.63, 3.8) is 0 Å². The number of ether oxygens (including phenoxy) is 2. The number of hydrogen-bond donors (Lipinski definition) is 2. The fourth-order valence-corrected chi connectivity index (χ4v) is 2.40. The number of carbonyl (C=O) groups excluding carboxylic acids is 2. The summed E-state index contributed by atoms with van der Waals surface area (Å²) < 4.78 is 9.79. The van der Waals surface area contributed by atoms with Crippen LogP contribution in [-0.2, 0) is 16.0 Å². The van der Waals surface area contributed by atoms with E-state index in [1.807, 2.05) is 12.1 Å². The van der Waals surface area contributed by atoms with Gasteiger partial charge in [0.2, 0.25) is 11.0 Å². The molecular weight excluding hydrogens is 346 g/mol. The number of methoxy groups -OCH3 is 1. The van der Waals surface area contributed by atoms with Gasteiger partial charge in [-0.15, -0.1) is 10.2 Å². The maximum absolute atomic E-state index is 11.8. The van der Waals surface area contributed by atoms with Gasteiger partial charge in [0.15, 0.2) is 0 Å². The Kier molecular flexibility index (Phi) is 6.84. The third-order valence-electron chi connectivity index (χ3n) is 2.78. The summed E-state index contributed by atoms with van der Waals surface area (Å²) in [5.41, 5.74) is 3.22. The van der Waals surface area contributed by atoms with E-state index in [9.17, 15) is 9.59 Å². The molecule has 2 rings (SSSR count). The van der Waals surface area contributed by atoms with E-state index in [2.05, 4.69) is 26.0 Å². The van der Waals surface area contributed by atoms with Gasteiger partial charge in [-0.2, -0.15) is 5.10 Å². The van der Waals surface area contributed by atoms with Crippen molar-refractivity contribution in [2.24, 2.45) is 5.10 Å². The Balaban J connectivity index is 1.80.